The van der Waals surface area contributed by atoms with E-state index >= 15 is 0 Å². The number of para-hydroxylation sites is 1. The Labute approximate surface area is 151 Å². The second-order valence-electron chi connectivity index (χ2n) is 6.32. The minimum atomic E-state index is -3.95. The Bertz CT molecular complexity index is 896. The molecule has 0 radical (unpaired) electrons. The van der Waals surface area contributed by atoms with Gasteiger partial charge < -0.3 is 11.1 Å². The molecule has 1 aliphatic carbocycles. The lowest BCUT2D eigenvalue weighted by atomic mass is 10.2. The molecule has 4 N–H and O–H groups in total. The van der Waals surface area contributed by atoms with Crippen LogP contribution in [0.15, 0.2) is 53.4 Å². The van der Waals surface area contributed by atoms with E-state index in [2.05, 4.69) is 10.0 Å². The van der Waals surface area contributed by atoms with Gasteiger partial charge in [-0.25, -0.2) is 12.8 Å². The third kappa shape index (κ3) is 4.39. The van der Waals surface area contributed by atoms with Gasteiger partial charge >= 0.3 is 0 Å². The van der Waals surface area contributed by atoms with Crippen molar-refractivity contribution in [2.75, 3.05) is 11.3 Å². The number of hydrogen-bond donors (Lipinski definition) is 3. The summed E-state index contributed by atoms with van der Waals surface area (Å²) in [5.74, 6) is -0.501. The fraction of sp³-hybridized carbons (Fsp3) is 0.278. The van der Waals surface area contributed by atoms with Crippen LogP contribution in [-0.4, -0.2) is 26.9 Å². The van der Waals surface area contributed by atoms with Crippen molar-refractivity contribution in [3.63, 3.8) is 0 Å². The lowest BCUT2D eigenvalue weighted by molar-refractivity contribution is 0.0950. The van der Waals surface area contributed by atoms with Crippen LogP contribution in [-0.2, 0) is 10.0 Å². The van der Waals surface area contributed by atoms with Crippen LogP contribution >= 0.6 is 0 Å². The SMILES string of the molecule is NC(CNC(=O)c1ccc(S(=O)(=O)Nc2ccccc2F)cc1)C1CC1. The smallest absolute Gasteiger partial charge is 0.261 e. The van der Waals surface area contributed by atoms with Gasteiger partial charge in [0.2, 0.25) is 0 Å². The number of halogens is 1. The van der Waals surface area contributed by atoms with Crippen LogP contribution < -0.4 is 15.8 Å². The second-order valence-corrected chi connectivity index (χ2v) is 8.00. The molecule has 3 rings (SSSR count). The van der Waals surface area contributed by atoms with E-state index in [1.807, 2.05) is 0 Å². The number of benzene rings is 2. The number of nitrogens with two attached hydrogens (primary N) is 1. The summed E-state index contributed by atoms with van der Waals surface area (Å²) >= 11 is 0. The molecule has 2 aromatic rings. The lowest BCUT2D eigenvalue weighted by Crippen LogP contribution is -2.38. The van der Waals surface area contributed by atoms with Gasteiger partial charge in [0.1, 0.15) is 5.82 Å². The van der Waals surface area contributed by atoms with E-state index in [9.17, 15) is 17.6 Å². The van der Waals surface area contributed by atoms with Gasteiger partial charge in [0.15, 0.2) is 0 Å². The van der Waals surface area contributed by atoms with E-state index < -0.39 is 15.8 Å². The monoisotopic (exact) mass is 377 g/mol. The predicted molar refractivity (Wildman–Crippen MR) is 96.7 cm³/mol. The van der Waals surface area contributed by atoms with Crippen LogP contribution in [0.4, 0.5) is 10.1 Å². The molecule has 0 aromatic heterocycles. The Morgan fingerprint density at radius 1 is 1.15 bits per heavy atom. The maximum Gasteiger partial charge on any atom is 0.261 e. The maximum absolute atomic E-state index is 13.6. The number of hydrogen-bond acceptors (Lipinski definition) is 4. The zero-order valence-corrected chi connectivity index (χ0v) is 14.8. The molecule has 0 saturated heterocycles. The first-order valence-electron chi connectivity index (χ1n) is 8.28. The summed E-state index contributed by atoms with van der Waals surface area (Å²) < 4.78 is 40.5. The summed E-state index contributed by atoms with van der Waals surface area (Å²) in [7, 11) is -3.95. The van der Waals surface area contributed by atoms with Crippen molar-refractivity contribution >= 4 is 21.6 Å². The summed E-state index contributed by atoms with van der Waals surface area (Å²) in [6, 6.07) is 10.9. The van der Waals surface area contributed by atoms with Gasteiger partial charge in [-0.3, -0.25) is 9.52 Å². The molecule has 8 heteroatoms. The van der Waals surface area contributed by atoms with Gasteiger partial charge in [0, 0.05) is 18.2 Å². The predicted octanol–water partition coefficient (Wildman–Crippen LogP) is 2.09. The van der Waals surface area contributed by atoms with E-state index in [1.165, 1.54) is 42.5 Å². The van der Waals surface area contributed by atoms with Crippen molar-refractivity contribution in [2.24, 2.45) is 11.7 Å². The first-order valence-corrected chi connectivity index (χ1v) is 9.76. The van der Waals surface area contributed by atoms with E-state index in [4.69, 9.17) is 5.73 Å². The highest BCUT2D eigenvalue weighted by Crippen LogP contribution is 2.31. The molecule has 0 heterocycles. The van der Waals surface area contributed by atoms with Gasteiger partial charge in [0.05, 0.1) is 10.6 Å². The summed E-state index contributed by atoms with van der Waals surface area (Å²) in [5.41, 5.74) is 6.13. The fourth-order valence-corrected chi connectivity index (χ4v) is 3.60. The van der Waals surface area contributed by atoms with Crippen LogP contribution in [0, 0.1) is 11.7 Å². The number of rotatable bonds is 7. The standard InChI is InChI=1S/C18H20FN3O3S/c19-15-3-1-2-4-17(15)22-26(24,25)14-9-7-13(8-10-14)18(23)21-11-16(20)12-5-6-12/h1-4,7-10,12,16,22H,5-6,11,20H2,(H,21,23). The molecule has 26 heavy (non-hydrogen) atoms. The quantitative estimate of drug-likeness (QED) is 0.688. The topological polar surface area (TPSA) is 101 Å². The van der Waals surface area contributed by atoms with E-state index in [-0.39, 0.29) is 22.5 Å². The number of nitrogens with one attached hydrogen (secondary N) is 2. The fourth-order valence-electron chi connectivity index (χ4n) is 2.54. The molecular weight excluding hydrogens is 357 g/mol. The highest BCUT2D eigenvalue weighted by atomic mass is 32.2. The number of carbonyl (C=O) groups is 1. The minimum absolute atomic E-state index is 0.0523. The Morgan fingerprint density at radius 3 is 2.42 bits per heavy atom. The first kappa shape index (κ1) is 18.3. The summed E-state index contributed by atoms with van der Waals surface area (Å²) in [6.07, 6.45) is 2.19. The Balaban J connectivity index is 1.66. The zero-order valence-electron chi connectivity index (χ0n) is 14.0. The Hall–Kier alpha value is -2.45. The number of amides is 1. The van der Waals surface area contributed by atoms with Crippen molar-refractivity contribution in [3.05, 3.63) is 59.9 Å². The van der Waals surface area contributed by atoms with Crippen molar-refractivity contribution in [2.45, 2.75) is 23.8 Å². The molecule has 1 unspecified atom stereocenters. The van der Waals surface area contributed by atoms with E-state index in [0.717, 1.165) is 18.9 Å². The van der Waals surface area contributed by atoms with Crippen LogP contribution in [0.3, 0.4) is 0 Å². The van der Waals surface area contributed by atoms with Crippen molar-refractivity contribution < 1.29 is 17.6 Å². The van der Waals surface area contributed by atoms with Crippen LogP contribution in [0.25, 0.3) is 0 Å². The molecule has 1 saturated carbocycles. The van der Waals surface area contributed by atoms with Gasteiger partial charge in [-0.05, 0) is 55.2 Å². The number of carbonyl (C=O) groups excluding carboxylic acids is 1. The normalized spacial score (nSPS) is 15.3. The molecule has 1 fully saturated rings. The molecule has 0 aliphatic heterocycles. The molecule has 1 atom stereocenters. The van der Waals surface area contributed by atoms with Crippen molar-refractivity contribution in [3.8, 4) is 0 Å². The van der Waals surface area contributed by atoms with Crippen LogP contribution in [0.2, 0.25) is 0 Å². The Morgan fingerprint density at radius 2 is 1.81 bits per heavy atom. The van der Waals surface area contributed by atoms with Crippen molar-refractivity contribution in [1.29, 1.82) is 0 Å². The van der Waals surface area contributed by atoms with Gasteiger partial charge in [-0.2, -0.15) is 0 Å². The van der Waals surface area contributed by atoms with Crippen molar-refractivity contribution in [1.82, 2.24) is 5.32 Å². The average Bonchev–Trinajstić information content (AvgIpc) is 3.46. The molecule has 1 amide bonds. The highest BCUT2D eigenvalue weighted by molar-refractivity contribution is 7.92. The molecule has 0 bridgehead atoms. The lowest BCUT2D eigenvalue weighted by Gasteiger charge is -2.12. The third-order valence-electron chi connectivity index (χ3n) is 4.27. The summed E-state index contributed by atoms with van der Waals surface area (Å²) in [5, 5.41) is 2.75. The minimum Gasteiger partial charge on any atom is -0.350 e. The molecule has 138 valence electrons. The largest absolute Gasteiger partial charge is 0.350 e. The molecule has 1 aliphatic rings. The molecule has 6 nitrogen and oxygen atoms in total. The van der Waals surface area contributed by atoms with Gasteiger partial charge in [0.25, 0.3) is 15.9 Å². The molecule has 0 spiro atoms. The highest BCUT2D eigenvalue weighted by Gasteiger charge is 2.28. The van der Waals surface area contributed by atoms with Crippen LogP contribution in [0.5, 0.6) is 0 Å². The maximum atomic E-state index is 13.6. The molecular formula is C18H20FN3O3S. The second kappa shape index (κ2) is 7.43. The van der Waals surface area contributed by atoms with E-state index in [0.29, 0.717) is 18.0 Å². The van der Waals surface area contributed by atoms with Gasteiger partial charge in [-0.15, -0.1) is 0 Å². The molecule has 2 aromatic carbocycles. The van der Waals surface area contributed by atoms with Gasteiger partial charge in [-0.1, -0.05) is 12.1 Å². The summed E-state index contributed by atoms with van der Waals surface area (Å²) in [4.78, 5) is 12.0. The zero-order chi connectivity index (χ0) is 18.7. The number of anilines is 1. The first-order chi connectivity index (χ1) is 12.4. The average molecular weight is 377 g/mol. The Kier molecular flexibility index (Phi) is 5.24. The summed E-state index contributed by atoms with van der Waals surface area (Å²) in [6.45, 7) is 0.387. The van der Waals surface area contributed by atoms with Crippen LogP contribution in [0.1, 0.15) is 23.2 Å². The van der Waals surface area contributed by atoms with E-state index in [1.54, 1.807) is 0 Å². The third-order valence-corrected chi connectivity index (χ3v) is 5.65. The number of sulfonamides is 1.